The fourth-order valence-corrected chi connectivity index (χ4v) is 1.89. The molecule has 16 heavy (non-hydrogen) atoms. The van der Waals surface area contributed by atoms with Gasteiger partial charge < -0.3 is 10.0 Å². The van der Waals surface area contributed by atoms with Crippen LogP contribution in [0.3, 0.4) is 0 Å². The van der Waals surface area contributed by atoms with Gasteiger partial charge in [0, 0.05) is 11.9 Å². The topological polar surface area (TPSA) is 23.5 Å². The summed E-state index contributed by atoms with van der Waals surface area (Å²) in [4.78, 5) is 2.14. The molecule has 0 saturated heterocycles. The first-order valence-electron chi connectivity index (χ1n) is 6.10. The number of aliphatic hydroxyl groups excluding tert-OH is 1. The Hall–Kier alpha value is -1.18. The first-order valence-corrected chi connectivity index (χ1v) is 6.10. The summed E-state index contributed by atoms with van der Waals surface area (Å²) < 4.78 is 0. The van der Waals surface area contributed by atoms with Crippen molar-refractivity contribution in [2.24, 2.45) is 0 Å². The zero-order valence-electron chi connectivity index (χ0n) is 10.8. The summed E-state index contributed by atoms with van der Waals surface area (Å²) in [5, 5.41) is 9.60. The Morgan fingerprint density at radius 1 is 1.56 bits per heavy atom. The first kappa shape index (κ1) is 12.9. The van der Waals surface area contributed by atoms with Crippen LogP contribution in [0.1, 0.15) is 47.0 Å². The van der Waals surface area contributed by atoms with Crippen LogP contribution in [0.5, 0.6) is 0 Å². The molecule has 0 amide bonds. The third-order valence-corrected chi connectivity index (χ3v) is 3.13. The van der Waals surface area contributed by atoms with Gasteiger partial charge in [-0.1, -0.05) is 25.8 Å². The third kappa shape index (κ3) is 3.16. The zero-order chi connectivity index (χ0) is 12.1. The molecule has 1 atom stereocenters. The van der Waals surface area contributed by atoms with E-state index < -0.39 is 0 Å². The van der Waals surface area contributed by atoms with Crippen molar-refractivity contribution in [2.75, 3.05) is 0 Å². The summed E-state index contributed by atoms with van der Waals surface area (Å²) in [6, 6.07) is 0.341. The summed E-state index contributed by atoms with van der Waals surface area (Å²) in [5.74, 6) is 0.346. The largest absolute Gasteiger partial charge is 0.506 e. The fraction of sp³-hybridized carbons (Fsp3) is 0.571. The Bertz CT molecular complexity index is 326. The molecule has 1 aliphatic heterocycles. The van der Waals surface area contributed by atoms with Gasteiger partial charge in [0.1, 0.15) is 5.76 Å². The molecular weight excluding hydrogens is 198 g/mol. The molecule has 1 heterocycles. The number of hydrogen-bond donors (Lipinski definition) is 1. The average molecular weight is 221 g/mol. The van der Waals surface area contributed by atoms with Gasteiger partial charge in [0.25, 0.3) is 0 Å². The SMILES string of the molecule is CCCC/C=C(/C)N1C=C(O)C=C(C)C1C. The molecule has 2 heteroatoms. The first-order chi connectivity index (χ1) is 7.56. The van der Waals surface area contributed by atoms with Crippen LogP contribution in [0.4, 0.5) is 0 Å². The summed E-state index contributed by atoms with van der Waals surface area (Å²) >= 11 is 0. The highest BCUT2D eigenvalue weighted by Crippen LogP contribution is 2.23. The van der Waals surface area contributed by atoms with E-state index in [1.54, 1.807) is 0 Å². The fourth-order valence-electron chi connectivity index (χ4n) is 1.89. The molecule has 0 aromatic heterocycles. The lowest BCUT2D eigenvalue weighted by molar-refractivity contribution is 0.343. The van der Waals surface area contributed by atoms with Gasteiger partial charge >= 0.3 is 0 Å². The molecule has 2 nitrogen and oxygen atoms in total. The van der Waals surface area contributed by atoms with E-state index in [0.717, 1.165) is 6.42 Å². The van der Waals surface area contributed by atoms with E-state index in [1.165, 1.54) is 24.1 Å². The lowest BCUT2D eigenvalue weighted by atomic mass is 10.0. The predicted octanol–water partition coefficient (Wildman–Crippen LogP) is 4.13. The van der Waals surface area contributed by atoms with Crippen molar-refractivity contribution >= 4 is 0 Å². The molecule has 1 N–H and O–H groups in total. The lowest BCUT2D eigenvalue weighted by Crippen LogP contribution is -2.30. The second kappa shape index (κ2) is 5.78. The van der Waals surface area contributed by atoms with Gasteiger partial charge in [-0.25, -0.2) is 0 Å². The van der Waals surface area contributed by atoms with E-state index in [4.69, 9.17) is 0 Å². The minimum atomic E-state index is 0.341. The predicted molar refractivity (Wildman–Crippen MR) is 69.1 cm³/mol. The summed E-state index contributed by atoms with van der Waals surface area (Å²) in [6.07, 6.45) is 9.46. The van der Waals surface area contributed by atoms with Crippen LogP contribution in [0.2, 0.25) is 0 Å². The molecule has 0 aromatic carbocycles. The Morgan fingerprint density at radius 2 is 2.25 bits per heavy atom. The van der Waals surface area contributed by atoms with Gasteiger partial charge in [-0.15, -0.1) is 0 Å². The minimum absolute atomic E-state index is 0.341. The molecule has 0 spiro atoms. The van der Waals surface area contributed by atoms with Crippen molar-refractivity contribution < 1.29 is 5.11 Å². The Balaban J connectivity index is 2.73. The highest BCUT2D eigenvalue weighted by molar-refractivity contribution is 5.28. The Morgan fingerprint density at radius 3 is 2.88 bits per heavy atom. The maximum absolute atomic E-state index is 9.60. The monoisotopic (exact) mass is 221 g/mol. The molecule has 1 rings (SSSR count). The van der Waals surface area contributed by atoms with Crippen LogP contribution < -0.4 is 0 Å². The van der Waals surface area contributed by atoms with Crippen LogP contribution in [0.15, 0.2) is 35.4 Å². The van der Waals surface area contributed by atoms with Crippen molar-refractivity contribution in [1.29, 1.82) is 0 Å². The Labute approximate surface area is 99.0 Å². The van der Waals surface area contributed by atoms with Crippen LogP contribution in [-0.4, -0.2) is 16.0 Å². The number of aliphatic hydroxyl groups is 1. The summed E-state index contributed by atoms with van der Waals surface area (Å²) in [7, 11) is 0. The Kier molecular flexibility index (Phi) is 4.66. The summed E-state index contributed by atoms with van der Waals surface area (Å²) in [5.41, 5.74) is 2.42. The standard InChI is InChI=1S/C14H23NO/c1-5-6-7-8-12(3)15-10-14(16)9-11(2)13(15)4/h8-10,13,16H,5-7H2,1-4H3/b12-8-. The van der Waals surface area contributed by atoms with Gasteiger partial charge in [-0.2, -0.15) is 0 Å². The van der Waals surface area contributed by atoms with Crippen molar-refractivity contribution in [3.05, 3.63) is 35.4 Å². The molecular formula is C14H23NO. The van der Waals surface area contributed by atoms with E-state index in [-0.39, 0.29) is 0 Å². The molecule has 0 bridgehead atoms. The molecule has 0 aromatic rings. The van der Waals surface area contributed by atoms with Gasteiger partial charge in [-0.05, 0) is 38.8 Å². The lowest BCUT2D eigenvalue weighted by Gasteiger charge is -2.32. The molecule has 0 radical (unpaired) electrons. The van der Waals surface area contributed by atoms with E-state index in [2.05, 4.69) is 38.7 Å². The maximum atomic E-state index is 9.60. The number of rotatable bonds is 4. The quantitative estimate of drug-likeness (QED) is 0.721. The van der Waals surface area contributed by atoms with Crippen molar-refractivity contribution in [3.8, 4) is 0 Å². The zero-order valence-corrected chi connectivity index (χ0v) is 10.8. The smallest absolute Gasteiger partial charge is 0.131 e. The number of unbranched alkanes of at least 4 members (excludes halogenated alkanes) is 2. The normalized spacial score (nSPS) is 21.9. The van der Waals surface area contributed by atoms with Crippen LogP contribution >= 0.6 is 0 Å². The van der Waals surface area contributed by atoms with E-state index in [0.29, 0.717) is 11.8 Å². The van der Waals surface area contributed by atoms with Crippen molar-refractivity contribution in [3.63, 3.8) is 0 Å². The highest BCUT2D eigenvalue weighted by atomic mass is 16.3. The number of allylic oxidation sites excluding steroid dienone is 3. The molecule has 90 valence electrons. The number of hydrogen-bond acceptors (Lipinski definition) is 2. The highest BCUT2D eigenvalue weighted by Gasteiger charge is 2.18. The molecule has 0 fully saturated rings. The van der Waals surface area contributed by atoms with Crippen LogP contribution in [0.25, 0.3) is 0 Å². The maximum Gasteiger partial charge on any atom is 0.131 e. The van der Waals surface area contributed by atoms with Crippen molar-refractivity contribution in [1.82, 2.24) is 4.90 Å². The average Bonchev–Trinajstić information content (AvgIpc) is 2.23. The van der Waals surface area contributed by atoms with Crippen molar-refractivity contribution in [2.45, 2.75) is 53.0 Å². The second-order valence-corrected chi connectivity index (χ2v) is 4.51. The summed E-state index contributed by atoms with van der Waals surface area (Å²) in [6.45, 7) is 8.52. The van der Waals surface area contributed by atoms with Crippen LogP contribution in [0, 0.1) is 0 Å². The van der Waals surface area contributed by atoms with Gasteiger partial charge in [0.05, 0.1) is 6.04 Å². The molecule has 0 saturated carbocycles. The van der Waals surface area contributed by atoms with E-state index in [1.807, 2.05) is 12.3 Å². The molecule has 1 unspecified atom stereocenters. The van der Waals surface area contributed by atoms with E-state index in [9.17, 15) is 5.11 Å². The van der Waals surface area contributed by atoms with Gasteiger partial charge in [0.2, 0.25) is 0 Å². The second-order valence-electron chi connectivity index (χ2n) is 4.51. The third-order valence-electron chi connectivity index (χ3n) is 3.13. The van der Waals surface area contributed by atoms with Gasteiger partial charge in [-0.3, -0.25) is 0 Å². The van der Waals surface area contributed by atoms with Crippen LogP contribution in [-0.2, 0) is 0 Å². The van der Waals surface area contributed by atoms with Gasteiger partial charge in [0.15, 0.2) is 0 Å². The molecule has 1 aliphatic rings. The minimum Gasteiger partial charge on any atom is -0.506 e. The molecule has 0 aliphatic carbocycles. The number of nitrogens with zero attached hydrogens (tertiary/aromatic N) is 1. The van der Waals surface area contributed by atoms with E-state index >= 15 is 0 Å².